The lowest BCUT2D eigenvalue weighted by atomic mass is 10.4. The van der Waals surface area contributed by atoms with E-state index >= 15 is 0 Å². The van der Waals surface area contributed by atoms with E-state index in [0.29, 0.717) is 11.0 Å². The summed E-state index contributed by atoms with van der Waals surface area (Å²) in [6.45, 7) is 8.12. The molecule has 0 bridgehead atoms. The van der Waals surface area contributed by atoms with Gasteiger partial charge in [0.15, 0.2) is 0 Å². The zero-order valence-electron chi connectivity index (χ0n) is 7.68. The van der Waals surface area contributed by atoms with Crippen molar-refractivity contribution in [1.82, 2.24) is 5.32 Å². The lowest BCUT2D eigenvalue weighted by Crippen LogP contribution is -2.31. The van der Waals surface area contributed by atoms with Crippen LogP contribution < -0.4 is 5.32 Å². The Bertz CT molecular complexity index is 123. The highest BCUT2D eigenvalue weighted by Gasteiger charge is 2.03. The van der Waals surface area contributed by atoms with Crippen LogP contribution in [0, 0.1) is 0 Å². The summed E-state index contributed by atoms with van der Waals surface area (Å²) in [6.07, 6.45) is 0. The van der Waals surface area contributed by atoms with Crippen molar-refractivity contribution in [3.63, 3.8) is 0 Å². The van der Waals surface area contributed by atoms with E-state index in [4.69, 9.17) is 0 Å². The third kappa shape index (κ3) is 7.72. The van der Waals surface area contributed by atoms with Crippen LogP contribution in [0.2, 0.25) is 0 Å². The maximum absolute atomic E-state index is 11.0. The molecule has 0 atom stereocenters. The molecule has 0 heterocycles. The zero-order chi connectivity index (χ0) is 8.85. The molecule has 0 spiro atoms. The fourth-order valence-electron chi connectivity index (χ4n) is 0.606. The molecule has 66 valence electrons. The van der Waals surface area contributed by atoms with E-state index in [1.807, 2.05) is 13.8 Å². The summed E-state index contributed by atoms with van der Waals surface area (Å²) in [7, 11) is 0. The minimum Gasteiger partial charge on any atom is -0.353 e. The number of rotatable bonds is 4. The molecular formula is C8H17NOS. The number of carbonyl (C=O) groups excluding carboxylic acids is 1. The maximum atomic E-state index is 11.0. The van der Waals surface area contributed by atoms with Gasteiger partial charge in [-0.25, -0.2) is 0 Å². The van der Waals surface area contributed by atoms with Crippen LogP contribution in [0.4, 0.5) is 0 Å². The van der Waals surface area contributed by atoms with Gasteiger partial charge in [0, 0.05) is 6.04 Å². The van der Waals surface area contributed by atoms with Gasteiger partial charge >= 0.3 is 0 Å². The highest BCUT2D eigenvalue weighted by molar-refractivity contribution is 8.00. The van der Waals surface area contributed by atoms with Gasteiger partial charge in [-0.15, -0.1) is 11.8 Å². The Morgan fingerprint density at radius 3 is 2.27 bits per heavy atom. The van der Waals surface area contributed by atoms with E-state index < -0.39 is 0 Å². The number of carbonyl (C=O) groups is 1. The minimum atomic E-state index is 0.138. The van der Waals surface area contributed by atoms with Crippen molar-refractivity contribution in [3.8, 4) is 0 Å². The van der Waals surface area contributed by atoms with Gasteiger partial charge in [-0.05, 0) is 19.1 Å². The second-order valence-corrected chi connectivity index (χ2v) is 4.65. The molecule has 1 amide bonds. The summed E-state index contributed by atoms with van der Waals surface area (Å²) < 4.78 is 0. The van der Waals surface area contributed by atoms with Gasteiger partial charge in [0.05, 0.1) is 5.75 Å². The Morgan fingerprint density at radius 1 is 1.36 bits per heavy atom. The molecule has 0 fully saturated rings. The quantitative estimate of drug-likeness (QED) is 0.704. The van der Waals surface area contributed by atoms with E-state index in [-0.39, 0.29) is 11.9 Å². The molecule has 0 aliphatic carbocycles. The largest absolute Gasteiger partial charge is 0.353 e. The fraction of sp³-hybridized carbons (Fsp3) is 0.875. The smallest absolute Gasteiger partial charge is 0.230 e. The van der Waals surface area contributed by atoms with Crippen molar-refractivity contribution in [3.05, 3.63) is 0 Å². The van der Waals surface area contributed by atoms with Gasteiger partial charge in [-0.3, -0.25) is 4.79 Å². The molecule has 0 saturated heterocycles. The number of thioether (sulfide) groups is 1. The Morgan fingerprint density at radius 2 is 1.91 bits per heavy atom. The van der Waals surface area contributed by atoms with Gasteiger partial charge in [0.25, 0.3) is 0 Å². The molecule has 0 aromatic heterocycles. The van der Waals surface area contributed by atoms with Crippen molar-refractivity contribution in [2.24, 2.45) is 0 Å². The summed E-state index contributed by atoms with van der Waals surface area (Å²) in [6, 6.07) is 0.260. The van der Waals surface area contributed by atoms with Gasteiger partial charge < -0.3 is 5.32 Å². The fourth-order valence-corrected chi connectivity index (χ4v) is 1.17. The highest BCUT2D eigenvalue weighted by Crippen LogP contribution is 2.07. The molecule has 0 saturated carbocycles. The summed E-state index contributed by atoms with van der Waals surface area (Å²) in [4.78, 5) is 11.0. The van der Waals surface area contributed by atoms with Crippen LogP contribution in [0.25, 0.3) is 0 Å². The first-order chi connectivity index (χ1) is 5.02. The first-order valence-electron chi connectivity index (χ1n) is 3.93. The molecule has 0 aliphatic heterocycles. The molecule has 3 heteroatoms. The summed E-state index contributed by atoms with van der Waals surface area (Å²) >= 11 is 1.67. The number of hydrogen-bond acceptors (Lipinski definition) is 2. The Hall–Kier alpha value is -0.180. The second-order valence-electron chi connectivity index (χ2n) is 3.08. The second kappa shape index (κ2) is 5.47. The summed E-state index contributed by atoms with van der Waals surface area (Å²) in [5, 5.41) is 3.37. The normalized spacial score (nSPS) is 10.7. The Labute approximate surface area is 73.1 Å². The van der Waals surface area contributed by atoms with E-state index in [9.17, 15) is 4.79 Å². The lowest BCUT2D eigenvalue weighted by molar-refractivity contribution is -0.119. The van der Waals surface area contributed by atoms with Crippen LogP contribution in [0.5, 0.6) is 0 Å². The van der Waals surface area contributed by atoms with E-state index in [2.05, 4.69) is 19.2 Å². The Balaban J connectivity index is 3.38. The molecule has 0 unspecified atom stereocenters. The first-order valence-corrected chi connectivity index (χ1v) is 4.98. The molecule has 0 aromatic carbocycles. The average molecular weight is 175 g/mol. The molecule has 0 aromatic rings. The van der Waals surface area contributed by atoms with Crippen LogP contribution >= 0.6 is 11.8 Å². The van der Waals surface area contributed by atoms with Crippen molar-refractivity contribution in [2.45, 2.75) is 39.0 Å². The maximum Gasteiger partial charge on any atom is 0.230 e. The molecule has 2 nitrogen and oxygen atoms in total. The third-order valence-electron chi connectivity index (χ3n) is 0.997. The number of nitrogens with one attached hydrogen (secondary N) is 1. The van der Waals surface area contributed by atoms with Crippen LogP contribution in [0.1, 0.15) is 27.7 Å². The monoisotopic (exact) mass is 175 g/mol. The van der Waals surface area contributed by atoms with Crippen LogP contribution in [-0.4, -0.2) is 23.0 Å². The molecule has 1 N–H and O–H groups in total. The van der Waals surface area contributed by atoms with E-state index in [1.54, 1.807) is 11.8 Å². The van der Waals surface area contributed by atoms with Crippen molar-refractivity contribution >= 4 is 17.7 Å². The summed E-state index contributed by atoms with van der Waals surface area (Å²) in [5.74, 6) is 0.717. The topological polar surface area (TPSA) is 29.1 Å². The first kappa shape index (κ1) is 10.8. The van der Waals surface area contributed by atoms with Crippen LogP contribution in [0.3, 0.4) is 0 Å². The summed E-state index contributed by atoms with van der Waals surface area (Å²) in [5.41, 5.74) is 0. The van der Waals surface area contributed by atoms with Crippen molar-refractivity contribution in [2.75, 3.05) is 5.75 Å². The third-order valence-corrected chi connectivity index (χ3v) is 2.09. The number of amides is 1. The number of hydrogen-bond donors (Lipinski definition) is 1. The molecule has 0 rings (SSSR count). The van der Waals surface area contributed by atoms with Crippen LogP contribution in [-0.2, 0) is 4.79 Å². The lowest BCUT2D eigenvalue weighted by Gasteiger charge is -2.08. The molecule has 0 aliphatic rings. The molecular weight excluding hydrogens is 158 g/mol. The van der Waals surface area contributed by atoms with E-state index in [1.165, 1.54) is 0 Å². The van der Waals surface area contributed by atoms with Gasteiger partial charge in [0.2, 0.25) is 5.91 Å². The van der Waals surface area contributed by atoms with Crippen molar-refractivity contribution in [1.29, 1.82) is 0 Å². The van der Waals surface area contributed by atoms with E-state index in [0.717, 1.165) is 0 Å². The average Bonchev–Trinajstić information content (AvgIpc) is 1.82. The van der Waals surface area contributed by atoms with Gasteiger partial charge in [0.1, 0.15) is 0 Å². The highest BCUT2D eigenvalue weighted by atomic mass is 32.2. The van der Waals surface area contributed by atoms with Gasteiger partial charge in [-0.2, -0.15) is 0 Å². The zero-order valence-corrected chi connectivity index (χ0v) is 8.49. The van der Waals surface area contributed by atoms with Crippen molar-refractivity contribution < 1.29 is 4.79 Å². The minimum absolute atomic E-state index is 0.138. The SMILES string of the molecule is CC(C)NC(=O)CSC(C)C. The molecule has 0 radical (unpaired) electrons. The Kier molecular flexibility index (Phi) is 5.38. The van der Waals surface area contributed by atoms with Crippen LogP contribution in [0.15, 0.2) is 0 Å². The standard InChI is InChI=1S/C8H17NOS/c1-6(2)9-8(10)5-11-7(3)4/h6-7H,5H2,1-4H3,(H,9,10). The predicted octanol–water partition coefficient (Wildman–Crippen LogP) is 1.65. The van der Waals surface area contributed by atoms with Gasteiger partial charge in [-0.1, -0.05) is 13.8 Å². The molecule has 11 heavy (non-hydrogen) atoms. The predicted molar refractivity (Wildman–Crippen MR) is 50.9 cm³/mol.